The third kappa shape index (κ3) is 7.77. The van der Waals surface area contributed by atoms with E-state index < -0.39 is 133 Å². The van der Waals surface area contributed by atoms with E-state index in [0.717, 1.165) is 12.1 Å². The van der Waals surface area contributed by atoms with E-state index in [4.69, 9.17) is 37.6 Å². The Kier molecular flexibility index (Phi) is 12.1. The second-order valence-corrected chi connectivity index (χ2v) is 13.3. The average Bonchev–Trinajstić information content (AvgIpc) is 3.16. The summed E-state index contributed by atoms with van der Waals surface area (Å²) in [5, 5.41) is 124. The summed E-state index contributed by atoms with van der Waals surface area (Å²) in [6.45, 7) is 0.0170. The van der Waals surface area contributed by atoms with Crippen molar-refractivity contribution in [1.29, 1.82) is 0 Å². The van der Waals surface area contributed by atoms with Gasteiger partial charge in [0.15, 0.2) is 23.5 Å². The minimum atomic E-state index is -2.03. The first-order valence-corrected chi connectivity index (χ1v) is 16.9. The van der Waals surface area contributed by atoms with Crippen molar-refractivity contribution in [1.82, 2.24) is 0 Å². The van der Waals surface area contributed by atoms with Crippen molar-refractivity contribution < 1.29 is 98.9 Å². The monoisotopic (exact) mass is 786 g/mol. The highest BCUT2D eigenvalue weighted by atomic mass is 16.7. The van der Waals surface area contributed by atoms with Crippen LogP contribution in [0.15, 0.2) is 39.5 Å². The average molecular weight is 787 g/mol. The van der Waals surface area contributed by atoms with Crippen molar-refractivity contribution in [2.75, 3.05) is 20.3 Å². The van der Waals surface area contributed by atoms with Crippen molar-refractivity contribution in [3.8, 4) is 40.1 Å². The number of rotatable bonds is 10. The third-order valence-corrected chi connectivity index (χ3v) is 9.58. The van der Waals surface area contributed by atoms with Crippen LogP contribution >= 0.6 is 0 Å². The fourth-order valence-electron chi connectivity index (χ4n) is 6.35. The van der Waals surface area contributed by atoms with E-state index in [1.54, 1.807) is 0 Å². The molecule has 2 aromatic carbocycles. The van der Waals surface area contributed by atoms with Crippen molar-refractivity contribution in [2.24, 2.45) is 0 Å². The molecule has 3 aliphatic heterocycles. The lowest BCUT2D eigenvalue weighted by molar-refractivity contribution is -0.318. The molecule has 0 aliphatic carbocycles. The molecule has 21 nitrogen and oxygen atoms in total. The Morgan fingerprint density at radius 2 is 1.27 bits per heavy atom. The van der Waals surface area contributed by atoms with Gasteiger partial charge in [-0.05, 0) is 25.1 Å². The Morgan fingerprint density at radius 3 is 1.93 bits per heavy atom. The molecule has 3 aliphatic rings. The third-order valence-electron chi connectivity index (χ3n) is 9.58. The van der Waals surface area contributed by atoms with Gasteiger partial charge in [0.2, 0.25) is 23.8 Å². The summed E-state index contributed by atoms with van der Waals surface area (Å²) in [4.78, 5) is 14.2. The number of benzene rings is 2. The van der Waals surface area contributed by atoms with Gasteiger partial charge in [-0.1, -0.05) is 0 Å². The van der Waals surface area contributed by atoms with Gasteiger partial charge in [-0.15, -0.1) is 0 Å². The minimum Gasteiger partial charge on any atom is -0.507 e. The van der Waals surface area contributed by atoms with Crippen LogP contribution < -0.4 is 19.6 Å². The van der Waals surface area contributed by atoms with E-state index in [-0.39, 0.29) is 28.4 Å². The van der Waals surface area contributed by atoms with Gasteiger partial charge in [-0.3, -0.25) is 4.79 Å². The SMILES string of the molecule is COc1cc(-c2oc3cc(O[C@@H]4O[C@H](CO)[C@H](O)[C@H](O)[C@H]4O)cc(O)c3c(=O)c2O[C@@H]2O[C@H](CO[C@@H]3O[C@H](C)[C@H](O)[C@H](O)[C@H]3O)[C@H](O)[C@H](O)[C@H]2O)ccc1O. The normalized spacial score (nSPS) is 36.8. The smallest absolute Gasteiger partial charge is 0.239 e. The molecule has 12 N–H and O–H groups in total. The zero-order valence-electron chi connectivity index (χ0n) is 29.0. The summed E-state index contributed by atoms with van der Waals surface area (Å²) in [7, 11) is 1.25. The van der Waals surface area contributed by atoms with Crippen LogP contribution in [0.3, 0.4) is 0 Å². The molecule has 55 heavy (non-hydrogen) atoms. The van der Waals surface area contributed by atoms with Crippen LogP contribution in [0.5, 0.6) is 28.7 Å². The van der Waals surface area contributed by atoms with Gasteiger partial charge in [0.05, 0.1) is 26.4 Å². The molecule has 6 rings (SSSR count). The fraction of sp³-hybridized carbons (Fsp3) is 0.559. The predicted octanol–water partition coefficient (Wildman–Crippen LogP) is -3.91. The van der Waals surface area contributed by atoms with Crippen LogP contribution in [0.25, 0.3) is 22.3 Å². The largest absolute Gasteiger partial charge is 0.507 e. The number of aliphatic hydroxyl groups excluding tert-OH is 10. The molecule has 0 unspecified atom stereocenters. The summed E-state index contributed by atoms with van der Waals surface area (Å²) in [6, 6.07) is 5.75. The maximum Gasteiger partial charge on any atom is 0.239 e. The molecule has 4 heterocycles. The van der Waals surface area contributed by atoms with Gasteiger partial charge < -0.3 is 98.9 Å². The number of phenolic OH excluding ortho intramolecular Hbond substituents is 2. The van der Waals surface area contributed by atoms with Crippen molar-refractivity contribution in [3.63, 3.8) is 0 Å². The fourth-order valence-corrected chi connectivity index (χ4v) is 6.35. The number of ether oxygens (including phenoxy) is 7. The number of fused-ring (bicyclic) bond motifs is 1. The second-order valence-electron chi connectivity index (χ2n) is 13.3. The predicted molar refractivity (Wildman–Crippen MR) is 178 cm³/mol. The van der Waals surface area contributed by atoms with Crippen LogP contribution in [0.1, 0.15) is 6.92 Å². The Morgan fingerprint density at radius 1 is 0.673 bits per heavy atom. The van der Waals surface area contributed by atoms with Gasteiger partial charge in [-0.25, -0.2) is 0 Å². The lowest BCUT2D eigenvalue weighted by atomic mass is 9.98. The van der Waals surface area contributed by atoms with E-state index >= 15 is 0 Å². The summed E-state index contributed by atoms with van der Waals surface area (Å²) >= 11 is 0. The zero-order valence-corrected chi connectivity index (χ0v) is 29.0. The number of aliphatic hydroxyl groups is 10. The van der Waals surface area contributed by atoms with Gasteiger partial charge in [0.25, 0.3) is 0 Å². The Hall–Kier alpha value is -3.91. The maximum absolute atomic E-state index is 14.2. The summed E-state index contributed by atoms with van der Waals surface area (Å²) in [6.07, 6.45) is -24.9. The lowest BCUT2D eigenvalue weighted by Gasteiger charge is -2.42. The van der Waals surface area contributed by atoms with E-state index in [9.17, 15) is 66.1 Å². The Balaban J connectivity index is 1.35. The van der Waals surface area contributed by atoms with Crippen molar-refractivity contribution in [2.45, 2.75) is 99.0 Å². The molecule has 0 saturated carbocycles. The van der Waals surface area contributed by atoms with E-state index in [1.165, 1.54) is 32.2 Å². The summed E-state index contributed by atoms with van der Waals surface area (Å²) in [5.41, 5.74) is -1.42. The first kappa shape index (κ1) is 40.7. The van der Waals surface area contributed by atoms with Crippen LogP contribution in [-0.2, 0) is 18.9 Å². The van der Waals surface area contributed by atoms with E-state index in [0.29, 0.717) is 0 Å². The van der Waals surface area contributed by atoms with Crippen LogP contribution in [-0.4, -0.2) is 174 Å². The molecule has 0 spiro atoms. The molecule has 0 bridgehead atoms. The standard InChI is InChI=1S/C34H42O21/c1-10-20(38)24(42)27(45)32(50-10)49-9-18-22(40)26(44)29(47)34(54-18)55-31-23(41)19-14(37)6-12(51-33-28(46)25(43)21(39)17(8-35)53-33)7-16(19)52-30(31)11-3-4-13(36)15(5-11)48-2/h3-7,10,17-18,20-22,24-29,32-40,42-47H,8-9H2,1-2H3/t10-,17-,18-,20+,21+,22+,24+,25+,26+,27-,28-,29-,32-,33-,34+/m1/s1. The van der Waals surface area contributed by atoms with E-state index in [2.05, 4.69) is 0 Å². The highest BCUT2D eigenvalue weighted by molar-refractivity contribution is 5.88. The molecule has 3 fully saturated rings. The van der Waals surface area contributed by atoms with Crippen molar-refractivity contribution >= 4 is 11.0 Å². The van der Waals surface area contributed by atoms with Gasteiger partial charge >= 0.3 is 0 Å². The topological polar surface area (TPSA) is 338 Å². The molecule has 3 saturated heterocycles. The van der Waals surface area contributed by atoms with Gasteiger partial charge in [-0.2, -0.15) is 0 Å². The number of hydrogen-bond acceptors (Lipinski definition) is 21. The van der Waals surface area contributed by atoms with Gasteiger partial charge in [0, 0.05) is 17.7 Å². The molecule has 304 valence electrons. The van der Waals surface area contributed by atoms with Crippen molar-refractivity contribution in [3.05, 3.63) is 40.6 Å². The minimum absolute atomic E-state index is 0.0208. The van der Waals surface area contributed by atoms with Crippen LogP contribution in [0, 0.1) is 0 Å². The Bertz CT molecular complexity index is 1870. The molecule has 0 radical (unpaired) electrons. The van der Waals surface area contributed by atoms with Gasteiger partial charge in [0.1, 0.15) is 89.6 Å². The molecule has 1 aromatic heterocycles. The highest BCUT2D eigenvalue weighted by Gasteiger charge is 2.48. The molecular formula is C34H42O21. The van der Waals surface area contributed by atoms with Crippen LogP contribution in [0.2, 0.25) is 0 Å². The van der Waals surface area contributed by atoms with E-state index in [1.807, 2.05) is 0 Å². The molecule has 0 amide bonds. The molecule has 15 atom stereocenters. The number of methoxy groups -OCH3 is 1. The highest BCUT2D eigenvalue weighted by Crippen LogP contribution is 2.40. The first-order valence-electron chi connectivity index (χ1n) is 16.9. The molecule has 3 aromatic rings. The number of phenols is 2. The maximum atomic E-state index is 14.2. The second kappa shape index (κ2) is 16.3. The molecule has 21 heteroatoms. The quantitative estimate of drug-likeness (QED) is 0.0934. The summed E-state index contributed by atoms with van der Waals surface area (Å²) in [5.74, 6) is -2.58. The number of aromatic hydroxyl groups is 2. The molecular weight excluding hydrogens is 744 g/mol. The zero-order chi connectivity index (χ0) is 40.0. The summed E-state index contributed by atoms with van der Waals surface area (Å²) < 4.78 is 44.6. The number of hydrogen-bond donors (Lipinski definition) is 12. The first-order chi connectivity index (χ1) is 26.1. The van der Waals surface area contributed by atoms with Crippen LogP contribution in [0.4, 0.5) is 0 Å². The Labute approximate surface area is 309 Å². The lowest BCUT2D eigenvalue weighted by Crippen LogP contribution is -2.61.